The van der Waals surface area contributed by atoms with Crippen LogP contribution in [-0.2, 0) is 4.43 Å². The third-order valence-electron chi connectivity index (χ3n) is 1.62. The monoisotopic (exact) mass is 176 g/mol. The van der Waals surface area contributed by atoms with Crippen molar-refractivity contribution in [1.82, 2.24) is 0 Å². The highest BCUT2D eigenvalue weighted by Gasteiger charge is 2.23. The van der Waals surface area contributed by atoms with Crippen LogP contribution >= 0.6 is 0 Å². The van der Waals surface area contributed by atoms with Gasteiger partial charge < -0.3 is 9.53 Å². The van der Waals surface area contributed by atoms with Gasteiger partial charge >= 0.3 is 0 Å². The molecule has 0 aliphatic rings. The van der Waals surface area contributed by atoms with E-state index in [0.29, 0.717) is 0 Å². The van der Waals surface area contributed by atoms with E-state index < -0.39 is 14.6 Å². The Morgan fingerprint density at radius 1 is 1.45 bits per heavy atom. The number of aliphatic hydroxyl groups is 1. The van der Waals surface area contributed by atoms with Gasteiger partial charge in [-0.15, -0.1) is 0 Å². The quantitative estimate of drug-likeness (QED) is 0.514. The summed E-state index contributed by atoms with van der Waals surface area (Å²) in [5.41, 5.74) is 0. The van der Waals surface area contributed by atoms with Crippen LogP contribution in [0.15, 0.2) is 0 Å². The fraction of sp³-hybridized carbons (Fsp3) is 1.00. The van der Waals surface area contributed by atoms with Crippen LogP contribution in [0.1, 0.15) is 26.7 Å². The van der Waals surface area contributed by atoms with Crippen LogP contribution in [0.25, 0.3) is 0 Å². The Morgan fingerprint density at radius 3 is 2.36 bits per heavy atom. The van der Waals surface area contributed by atoms with Gasteiger partial charge in [-0.2, -0.15) is 0 Å². The average Bonchev–Trinajstić information content (AvgIpc) is 1.81. The molecule has 2 nitrogen and oxygen atoms in total. The van der Waals surface area contributed by atoms with Gasteiger partial charge in [0, 0.05) is 0 Å². The molecule has 0 bridgehead atoms. The second-order valence-corrected chi connectivity index (χ2v) is 7.84. The van der Waals surface area contributed by atoms with Gasteiger partial charge in [0.2, 0.25) is 0 Å². The molecule has 0 radical (unpaired) electrons. The minimum Gasteiger partial charge on any atom is -0.393 e. The number of rotatable bonds is 5. The van der Waals surface area contributed by atoms with Gasteiger partial charge in [0.05, 0.1) is 0 Å². The van der Waals surface area contributed by atoms with E-state index in [9.17, 15) is 0 Å². The Balaban J connectivity index is 3.61. The zero-order chi connectivity index (χ0) is 8.91. The van der Waals surface area contributed by atoms with Crippen LogP contribution in [0.4, 0.5) is 0 Å². The smallest absolute Gasteiger partial charge is 0.190 e. The first-order chi connectivity index (χ1) is 4.98. The van der Waals surface area contributed by atoms with Crippen LogP contribution < -0.4 is 0 Å². The molecule has 1 N–H and O–H groups in total. The molecular formula is C8H20O2Si. The summed E-state index contributed by atoms with van der Waals surface area (Å²) < 4.78 is 5.43. The summed E-state index contributed by atoms with van der Waals surface area (Å²) in [6.07, 6.45) is 1.83. The standard InChI is InChI=1S/C8H20O2Si/c1-5-6-7-11(3,4)10-8(2)9/h8-9H,5-7H2,1-4H3. The highest BCUT2D eigenvalue weighted by Crippen LogP contribution is 2.16. The summed E-state index contributed by atoms with van der Waals surface area (Å²) in [5, 5.41) is 9.00. The van der Waals surface area contributed by atoms with Gasteiger partial charge in [-0.3, -0.25) is 0 Å². The molecule has 0 fully saturated rings. The second kappa shape index (κ2) is 4.90. The van der Waals surface area contributed by atoms with Crippen LogP contribution in [0.2, 0.25) is 19.1 Å². The molecular weight excluding hydrogens is 156 g/mol. The molecule has 0 amide bonds. The Bertz CT molecular complexity index is 102. The second-order valence-electron chi connectivity index (χ2n) is 3.58. The lowest BCUT2D eigenvalue weighted by atomic mass is 10.4. The third kappa shape index (κ3) is 6.53. The number of hydrogen-bond acceptors (Lipinski definition) is 2. The Morgan fingerprint density at radius 2 is 2.00 bits per heavy atom. The molecule has 0 aromatic heterocycles. The van der Waals surface area contributed by atoms with Crippen molar-refractivity contribution in [3.8, 4) is 0 Å². The maximum absolute atomic E-state index is 9.00. The molecule has 0 saturated carbocycles. The first-order valence-electron chi connectivity index (χ1n) is 4.34. The molecule has 0 aromatic rings. The Kier molecular flexibility index (Phi) is 4.96. The van der Waals surface area contributed by atoms with Crippen LogP contribution in [0.5, 0.6) is 0 Å². The van der Waals surface area contributed by atoms with Crippen molar-refractivity contribution < 1.29 is 9.53 Å². The zero-order valence-electron chi connectivity index (χ0n) is 8.05. The molecule has 0 spiro atoms. The topological polar surface area (TPSA) is 29.5 Å². The Labute approximate surface area is 70.7 Å². The Hall–Kier alpha value is 0.137. The molecule has 11 heavy (non-hydrogen) atoms. The number of hydrogen-bond donors (Lipinski definition) is 1. The van der Waals surface area contributed by atoms with E-state index in [-0.39, 0.29) is 0 Å². The lowest BCUT2D eigenvalue weighted by molar-refractivity contribution is -0.00804. The van der Waals surface area contributed by atoms with Gasteiger partial charge in [-0.25, -0.2) is 0 Å². The van der Waals surface area contributed by atoms with E-state index >= 15 is 0 Å². The average molecular weight is 176 g/mol. The number of aliphatic hydroxyl groups excluding tert-OH is 1. The van der Waals surface area contributed by atoms with Gasteiger partial charge in [-0.1, -0.05) is 19.8 Å². The first kappa shape index (κ1) is 11.1. The normalized spacial score (nSPS) is 15.0. The minimum absolute atomic E-state index is 0.589. The third-order valence-corrected chi connectivity index (χ3v) is 4.16. The van der Waals surface area contributed by atoms with Gasteiger partial charge in [-0.05, 0) is 26.1 Å². The van der Waals surface area contributed by atoms with E-state index in [1.807, 2.05) is 0 Å². The van der Waals surface area contributed by atoms with E-state index in [1.165, 1.54) is 12.8 Å². The zero-order valence-corrected chi connectivity index (χ0v) is 9.05. The number of unbranched alkanes of at least 4 members (excludes halogenated alkanes) is 1. The fourth-order valence-corrected chi connectivity index (χ4v) is 3.37. The predicted molar refractivity (Wildman–Crippen MR) is 50.0 cm³/mol. The van der Waals surface area contributed by atoms with Crippen molar-refractivity contribution in [3.63, 3.8) is 0 Å². The first-order valence-corrected chi connectivity index (χ1v) is 7.45. The largest absolute Gasteiger partial charge is 0.393 e. The van der Waals surface area contributed by atoms with Gasteiger partial charge in [0.1, 0.15) is 6.29 Å². The van der Waals surface area contributed by atoms with E-state index in [2.05, 4.69) is 20.0 Å². The van der Waals surface area contributed by atoms with Crippen LogP contribution in [0, 0.1) is 0 Å². The fourth-order valence-electron chi connectivity index (χ4n) is 1.12. The summed E-state index contributed by atoms with van der Waals surface area (Å²) in [7, 11) is -1.54. The van der Waals surface area contributed by atoms with Crippen molar-refractivity contribution >= 4 is 8.32 Å². The maximum atomic E-state index is 9.00. The molecule has 1 unspecified atom stereocenters. The summed E-state index contributed by atoms with van der Waals surface area (Å²) >= 11 is 0. The lowest BCUT2D eigenvalue weighted by Crippen LogP contribution is -2.34. The summed E-state index contributed by atoms with van der Waals surface area (Å²) in [4.78, 5) is 0. The van der Waals surface area contributed by atoms with E-state index in [1.54, 1.807) is 6.92 Å². The van der Waals surface area contributed by atoms with Crippen LogP contribution in [0.3, 0.4) is 0 Å². The highest BCUT2D eigenvalue weighted by molar-refractivity contribution is 6.71. The molecule has 1 atom stereocenters. The van der Waals surface area contributed by atoms with Crippen molar-refractivity contribution in [2.45, 2.75) is 52.1 Å². The maximum Gasteiger partial charge on any atom is 0.190 e. The molecule has 68 valence electrons. The van der Waals surface area contributed by atoms with E-state index in [4.69, 9.17) is 9.53 Å². The summed E-state index contributed by atoms with van der Waals surface area (Å²) in [5.74, 6) is 0. The molecule has 0 saturated heterocycles. The highest BCUT2D eigenvalue weighted by atomic mass is 28.4. The lowest BCUT2D eigenvalue weighted by Gasteiger charge is -2.24. The molecule has 3 heteroatoms. The van der Waals surface area contributed by atoms with Crippen molar-refractivity contribution in [3.05, 3.63) is 0 Å². The van der Waals surface area contributed by atoms with Crippen LogP contribution in [-0.4, -0.2) is 19.7 Å². The molecule has 0 heterocycles. The van der Waals surface area contributed by atoms with Crippen molar-refractivity contribution in [2.75, 3.05) is 0 Å². The molecule has 0 aliphatic carbocycles. The minimum atomic E-state index is -1.54. The van der Waals surface area contributed by atoms with Gasteiger partial charge in [0.25, 0.3) is 0 Å². The molecule has 0 rings (SSSR count). The summed E-state index contributed by atoms with van der Waals surface area (Å²) in [6.45, 7) is 8.15. The SMILES string of the molecule is CCCC[Si](C)(C)OC(C)O. The summed E-state index contributed by atoms with van der Waals surface area (Å²) in [6, 6.07) is 1.15. The predicted octanol–water partition coefficient (Wildman–Crippen LogP) is 2.35. The van der Waals surface area contributed by atoms with Gasteiger partial charge in [0.15, 0.2) is 8.32 Å². The van der Waals surface area contributed by atoms with Crippen molar-refractivity contribution in [1.29, 1.82) is 0 Å². The van der Waals surface area contributed by atoms with Crippen molar-refractivity contribution in [2.24, 2.45) is 0 Å². The molecule has 0 aromatic carbocycles. The molecule has 0 aliphatic heterocycles. The van der Waals surface area contributed by atoms with E-state index in [0.717, 1.165) is 6.04 Å².